The van der Waals surface area contributed by atoms with Crippen LogP contribution in [0.5, 0.6) is 0 Å². The number of nitrogens with one attached hydrogen (secondary N) is 2. The summed E-state index contributed by atoms with van der Waals surface area (Å²) in [5.41, 5.74) is 0.190. The third-order valence-corrected chi connectivity index (χ3v) is 3.90. The number of rotatable bonds is 5. The van der Waals surface area contributed by atoms with Crippen LogP contribution >= 0.6 is 0 Å². The topological polar surface area (TPSA) is 82.2 Å². The van der Waals surface area contributed by atoms with Crippen LogP contribution in [0.15, 0.2) is 35.3 Å². The predicted octanol–water partition coefficient (Wildman–Crippen LogP) is 1.66. The number of hydrogen-bond acceptors (Lipinski definition) is 3. The first-order valence-electron chi connectivity index (χ1n) is 7.10. The van der Waals surface area contributed by atoms with Gasteiger partial charge in [0.15, 0.2) is 0 Å². The van der Waals surface area contributed by atoms with Gasteiger partial charge in [-0.15, -0.1) is 0 Å². The highest BCUT2D eigenvalue weighted by atomic mass is 16.3. The van der Waals surface area contributed by atoms with Crippen LogP contribution in [0.4, 0.5) is 0 Å². The summed E-state index contributed by atoms with van der Waals surface area (Å²) in [7, 11) is 0. The largest absolute Gasteiger partial charge is 0.394 e. The molecule has 0 fully saturated rings. The van der Waals surface area contributed by atoms with Crippen LogP contribution < -0.4 is 10.9 Å². The van der Waals surface area contributed by atoms with Crippen molar-refractivity contribution in [3.63, 3.8) is 0 Å². The van der Waals surface area contributed by atoms with Gasteiger partial charge in [0.1, 0.15) is 0 Å². The number of aromatic amines is 1. The molecule has 2 aromatic rings. The summed E-state index contributed by atoms with van der Waals surface area (Å²) < 4.78 is 0. The van der Waals surface area contributed by atoms with Crippen molar-refractivity contribution in [2.24, 2.45) is 5.92 Å². The van der Waals surface area contributed by atoms with Gasteiger partial charge in [-0.25, -0.2) is 0 Å². The van der Waals surface area contributed by atoms with Crippen molar-refractivity contribution in [2.75, 3.05) is 6.61 Å². The maximum Gasteiger partial charge on any atom is 0.255 e. The van der Waals surface area contributed by atoms with Crippen molar-refractivity contribution in [2.45, 2.75) is 26.3 Å². The van der Waals surface area contributed by atoms with E-state index in [0.29, 0.717) is 16.3 Å². The van der Waals surface area contributed by atoms with Crippen molar-refractivity contribution >= 4 is 16.7 Å². The Labute approximate surface area is 123 Å². The van der Waals surface area contributed by atoms with Crippen LogP contribution in [0.2, 0.25) is 0 Å². The second-order valence-electron chi connectivity index (χ2n) is 5.23. The maximum atomic E-state index is 12.4. The molecule has 0 bridgehead atoms. The van der Waals surface area contributed by atoms with Crippen LogP contribution in [-0.2, 0) is 0 Å². The number of fused-ring (bicyclic) bond motifs is 1. The summed E-state index contributed by atoms with van der Waals surface area (Å²) >= 11 is 0. The Balaban J connectivity index is 2.36. The minimum atomic E-state index is -0.298. The zero-order valence-corrected chi connectivity index (χ0v) is 12.2. The average molecular weight is 288 g/mol. The molecule has 5 nitrogen and oxygen atoms in total. The van der Waals surface area contributed by atoms with Gasteiger partial charge in [0.25, 0.3) is 11.5 Å². The molecule has 1 aromatic heterocycles. The van der Waals surface area contributed by atoms with Gasteiger partial charge in [0, 0.05) is 17.0 Å². The highest BCUT2D eigenvalue weighted by Gasteiger charge is 2.19. The number of H-pyrrole nitrogens is 1. The lowest BCUT2D eigenvalue weighted by Gasteiger charge is -2.22. The van der Waals surface area contributed by atoms with Gasteiger partial charge in [-0.1, -0.05) is 38.5 Å². The summed E-state index contributed by atoms with van der Waals surface area (Å²) in [4.78, 5) is 26.8. The van der Waals surface area contributed by atoms with Crippen molar-refractivity contribution < 1.29 is 9.90 Å². The van der Waals surface area contributed by atoms with Crippen LogP contribution in [0.3, 0.4) is 0 Å². The van der Waals surface area contributed by atoms with Gasteiger partial charge >= 0.3 is 0 Å². The Morgan fingerprint density at radius 3 is 2.62 bits per heavy atom. The standard InChI is InChI=1S/C16H20N2O3/c1-3-10(2)14(9-19)18-16(21)13-8-17-15(20)12-7-5-4-6-11(12)13/h4-8,10,14,19H,3,9H2,1-2H3,(H,17,20)(H,18,21)/t10-,14-/m0/s1. The zero-order valence-electron chi connectivity index (χ0n) is 12.2. The molecule has 0 aliphatic carbocycles. The number of aliphatic hydroxyl groups is 1. The molecule has 1 amide bonds. The van der Waals surface area contributed by atoms with E-state index in [1.807, 2.05) is 13.8 Å². The number of amides is 1. The smallest absolute Gasteiger partial charge is 0.255 e. The number of benzene rings is 1. The molecule has 0 aliphatic rings. The fourth-order valence-electron chi connectivity index (χ4n) is 2.30. The van der Waals surface area contributed by atoms with E-state index in [0.717, 1.165) is 6.42 Å². The molecule has 0 spiro atoms. The second kappa shape index (κ2) is 6.54. The zero-order chi connectivity index (χ0) is 15.4. The molecule has 21 heavy (non-hydrogen) atoms. The molecule has 0 saturated heterocycles. The molecule has 0 radical (unpaired) electrons. The van der Waals surface area contributed by atoms with Crippen LogP contribution in [-0.4, -0.2) is 28.6 Å². The number of pyridine rings is 1. The fraction of sp³-hybridized carbons (Fsp3) is 0.375. The molecule has 0 saturated carbocycles. The first-order valence-corrected chi connectivity index (χ1v) is 7.10. The lowest BCUT2D eigenvalue weighted by Crippen LogP contribution is -2.42. The van der Waals surface area contributed by atoms with Crippen molar-refractivity contribution in [1.29, 1.82) is 0 Å². The van der Waals surface area contributed by atoms with Gasteiger partial charge in [0.05, 0.1) is 18.2 Å². The van der Waals surface area contributed by atoms with Gasteiger partial charge in [0.2, 0.25) is 0 Å². The molecular formula is C16H20N2O3. The number of hydrogen-bond donors (Lipinski definition) is 3. The summed E-state index contributed by atoms with van der Waals surface area (Å²) in [5, 5.41) is 13.3. The molecule has 2 atom stereocenters. The Hall–Kier alpha value is -2.14. The van der Waals surface area contributed by atoms with Crippen LogP contribution in [0.1, 0.15) is 30.6 Å². The van der Waals surface area contributed by atoms with Crippen molar-refractivity contribution in [1.82, 2.24) is 10.3 Å². The summed E-state index contributed by atoms with van der Waals surface area (Å²) in [6.45, 7) is 3.88. The SMILES string of the molecule is CC[C@H](C)[C@H](CO)NC(=O)c1c[nH]c(=O)c2ccccc12. The normalized spacial score (nSPS) is 13.9. The summed E-state index contributed by atoms with van der Waals surface area (Å²) in [5.74, 6) is -0.116. The average Bonchev–Trinajstić information content (AvgIpc) is 2.52. The van der Waals surface area contributed by atoms with E-state index in [2.05, 4.69) is 10.3 Å². The van der Waals surface area contributed by atoms with Gasteiger partial charge in [-0.05, 0) is 12.0 Å². The Kier molecular flexibility index (Phi) is 4.75. The number of carbonyl (C=O) groups excluding carboxylic acids is 1. The maximum absolute atomic E-state index is 12.4. The Bertz CT molecular complexity index is 693. The highest BCUT2D eigenvalue weighted by molar-refractivity contribution is 6.06. The van der Waals surface area contributed by atoms with E-state index in [4.69, 9.17) is 0 Å². The van der Waals surface area contributed by atoms with Gasteiger partial charge < -0.3 is 15.4 Å². The third kappa shape index (κ3) is 3.13. The second-order valence-corrected chi connectivity index (χ2v) is 5.23. The molecule has 1 heterocycles. The van der Waals surface area contributed by atoms with Gasteiger partial charge in [-0.2, -0.15) is 0 Å². The Morgan fingerprint density at radius 2 is 2.00 bits per heavy atom. The summed E-state index contributed by atoms with van der Waals surface area (Å²) in [6, 6.07) is 6.68. The number of carbonyl (C=O) groups is 1. The van der Waals surface area contributed by atoms with Crippen molar-refractivity contribution in [3.05, 3.63) is 46.4 Å². The van der Waals surface area contributed by atoms with E-state index >= 15 is 0 Å². The molecule has 5 heteroatoms. The van der Waals surface area contributed by atoms with E-state index in [1.54, 1.807) is 24.3 Å². The molecular weight excluding hydrogens is 268 g/mol. The van der Waals surface area contributed by atoms with Crippen molar-refractivity contribution in [3.8, 4) is 0 Å². The lowest BCUT2D eigenvalue weighted by molar-refractivity contribution is 0.0893. The number of aliphatic hydroxyl groups excluding tert-OH is 1. The monoisotopic (exact) mass is 288 g/mol. The molecule has 2 rings (SSSR count). The first-order chi connectivity index (χ1) is 10.1. The van der Waals surface area contributed by atoms with E-state index in [9.17, 15) is 14.7 Å². The minimum Gasteiger partial charge on any atom is -0.394 e. The molecule has 1 aromatic carbocycles. The van der Waals surface area contributed by atoms with E-state index in [-0.39, 0.29) is 30.0 Å². The molecule has 0 aliphatic heterocycles. The fourth-order valence-corrected chi connectivity index (χ4v) is 2.30. The molecule has 3 N–H and O–H groups in total. The molecule has 0 unspecified atom stereocenters. The first kappa shape index (κ1) is 15.3. The third-order valence-electron chi connectivity index (χ3n) is 3.90. The lowest BCUT2D eigenvalue weighted by atomic mass is 9.99. The van der Waals surface area contributed by atoms with Crippen LogP contribution in [0, 0.1) is 5.92 Å². The van der Waals surface area contributed by atoms with Gasteiger partial charge in [-0.3, -0.25) is 9.59 Å². The quantitative estimate of drug-likeness (QED) is 0.782. The Morgan fingerprint density at radius 1 is 1.33 bits per heavy atom. The highest BCUT2D eigenvalue weighted by Crippen LogP contribution is 2.15. The van der Waals surface area contributed by atoms with Crippen LogP contribution in [0.25, 0.3) is 10.8 Å². The van der Waals surface area contributed by atoms with E-state index < -0.39 is 0 Å². The summed E-state index contributed by atoms with van der Waals surface area (Å²) in [6.07, 6.45) is 2.28. The number of aromatic nitrogens is 1. The minimum absolute atomic E-state index is 0.109. The molecule has 112 valence electrons. The predicted molar refractivity (Wildman–Crippen MR) is 82.4 cm³/mol. The van der Waals surface area contributed by atoms with E-state index in [1.165, 1.54) is 6.20 Å².